The third-order valence-electron chi connectivity index (χ3n) is 1.56. The Labute approximate surface area is 67.2 Å². The summed E-state index contributed by atoms with van der Waals surface area (Å²) in [6.45, 7) is 0. The first-order valence-electron chi connectivity index (χ1n) is 3.43. The van der Waals surface area contributed by atoms with Crippen molar-refractivity contribution in [3.05, 3.63) is 22.6 Å². The third-order valence-corrected chi connectivity index (χ3v) is 1.56. The fourth-order valence-electron chi connectivity index (χ4n) is 1.01. The topological polar surface area (TPSA) is 75.1 Å². The smallest absolute Gasteiger partial charge is 0.290 e. The Balaban J connectivity index is 2.92. The number of anilines is 1. The van der Waals surface area contributed by atoms with Crippen LogP contribution in [-0.2, 0) is 0 Å². The molecule has 0 radical (unpaired) electrons. The fraction of sp³-hybridized carbons (Fsp3) is 0.167. The lowest BCUT2D eigenvalue weighted by Crippen LogP contribution is -2.15. The number of nitrogens with one attached hydrogen (secondary N) is 2. The van der Waals surface area contributed by atoms with Gasteiger partial charge >= 0.3 is 0 Å². The number of rotatable bonds is 1. The maximum Gasteiger partial charge on any atom is 0.290 e. The van der Waals surface area contributed by atoms with E-state index in [-0.39, 0.29) is 5.56 Å². The summed E-state index contributed by atoms with van der Waals surface area (Å²) in [4.78, 5) is 11.1. The summed E-state index contributed by atoms with van der Waals surface area (Å²) in [5.41, 5.74) is 0.237. The van der Waals surface area contributed by atoms with Gasteiger partial charge in [-0.15, -0.1) is 5.10 Å². The highest BCUT2D eigenvalue weighted by molar-refractivity contribution is 5.46. The Morgan fingerprint density at radius 2 is 2.50 bits per heavy atom. The van der Waals surface area contributed by atoms with Gasteiger partial charge in [0.15, 0.2) is 0 Å². The standard InChI is InChI=1S/C6H7N5O/c1-7-6-10-9-5(12)4-2-3-8-11(4)6/h2-3H,1H3,(H,7,10)(H,9,12). The molecule has 6 nitrogen and oxygen atoms in total. The van der Waals surface area contributed by atoms with E-state index in [0.717, 1.165) is 0 Å². The lowest BCUT2D eigenvalue weighted by molar-refractivity contribution is 0.856. The largest absolute Gasteiger partial charge is 0.356 e. The Bertz CT molecular complexity index is 456. The molecule has 0 fully saturated rings. The van der Waals surface area contributed by atoms with Crippen molar-refractivity contribution in [2.45, 2.75) is 0 Å². The average molecular weight is 165 g/mol. The van der Waals surface area contributed by atoms with Crippen LogP contribution in [0.2, 0.25) is 0 Å². The van der Waals surface area contributed by atoms with E-state index in [9.17, 15) is 4.79 Å². The lowest BCUT2D eigenvalue weighted by atomic mass is 10.5. The van der Waals surface area contributed by atoms with Crippen LogP contribution in [0.4, 0.5) is 5.95 Å². The molecule has 0 aliphatic carbocycles. The van der Waals surface area contributed by atoms with Crippen LogP contribution >= 0.6 is 0 Å². The highest BCUT2D eigenvalue weighted by atomic mass is 16.1. The summed E-state index contributed by atoms with van der Waals surface area (Å²) in [5, 5.41) is 12.8. The van der Waals surface area contributed by atoms with Crippen molar-refractivity contribution in [3.63, 3.8) is 0 Å². The molecule has 0 saturated carbocycles. The van der Waals surface area contributed by atoms with Gasteiger partial charge in [0.05, 0.1) is 6.20 Å². The minimum Gasteiger partial charge on any atom is -0.356 e. The highest BCUT2D eigenvalue weighted by Gasteiger charge is 2.02. The van der Waals surface area contributed by atoms with E-state index in [2.05, 4.69) is 20.6 Å². The molecule has 2 aromatic heterocycles. The number of nitrogens with zero attached hydrogens (tertiary/aromatic N) is 3. The SMILES string of the molecule is CNc1n[nH]c(=O)c2ccnn12. The van der Waals surface area contributed by atoms with Gasteiger partial charge in [0.1, 0.15) is 5.52 Å². The second kappa shape index (κ2) is 2.33. The molecule has 0 bridgehead atoms. The van der Waals surface area contributed by atoms with Crippen LogP contribution in [0, 0.1) is 0 Å². The molecule has 2 N–H and O–H groups in total. The lowest BCUT2D eigenvalue weighted by Gasteiger charge is -1.99. The first-order chi connectivity index (χ1) is 5.83. The van der Waals surface area contributed by atoms with Gasteiger partial charge in [0.2, 0.25) is 5.95 Å². The van der Waals surface area contributed by atoms with E-state index in [0.29, 0.717) is 11.5 Å². The molecule has 0 atom stereocenters. The second-order valence-electron chi connectivity index (χ2n) is 2.25. The van der Waals surface area contributed by atoms with Crippen molar-refractivity contribution in [1.29, 1.82) is 0 Å². The molecule has 0 saturated heterocycles. The van der Waals surface area contributed by atoms with Gasteiger partial charge in [-0.3, -0.25) is 4.79 Å². The minimum atomic E-state index is -0.244. The predicted molar refractivity (Wildman–Crippen MR) is 43.2 cm³/mol. The van der Waals surface area contributed by atoms with Gasteiger partial charge in [-0.25, -0.2) is 5.10 Å². The number of hydrogen-bond donors (Lipinski definition) is 2. The zero-order chi connectivity index (χ0) is 8.55. The molecular weight excluding hydrogens is 158 g/mol. The van der Waals surface area contributed by atoms with E-state index in [1.807, 2.05) is 0 Å². The van der Waals surface area contributed by atoms with Crippen molar-refractivity contribution in [3.8, 4) is 0 Å². The van der Waals surface area contributed by atoms with E-state index in [1.54, 1.807) is 19.3 Å². The third kappa shape index (κ3) is 0.777. The quantitative estimate of drug-likeness (QED) is 0.595. The highest BCUT2D eigenvalue weighted by Crippen LogP contribution is 1.99. The summed E-state index contributed by atoms with van der Waals surface area (Å²) in [6.07, 6.45) is 1.55. The molecule has 2 heterocycles. The summed E-state index contributed by atoms with van der Waals surface area (Å²) in [7, 11) is 1.71. The molecule has 0 aromatic carbocycles. The summed E-state index contributed by atoms with van der Waals surface area (Å²) < 4.78 is 1.44. The monoisotopic (exact) mass is 165 g/mol. The Morgan fingerprint density at radius 3 is 3.25 bits per heavy atom. The van der Waals surface area contributed by atoms with Crippen molar-refractivity contribution >= 4 is 11.5 Å². The molecule has 2 rings (SSSR count). The normalized spacial score (nSPS) is 10.4. The number of aromatic nitrogens is 4. The fourth-order valence-corrected chi connectivity index (χ4v) is 1.01. The zero-order valence-corrected chi connectivity index (χ0v) is 6.40. The van der Waals surface area contributed by atoms with E-state index in [1.165, 1.54) is 4.52 Å². The molecule has 2 aromatic rings. The van der Waals surface area contributed by atoms with Gasteiger partial charge in [-0.05, 0) is 6.07 Å². The van der Waals surface area contributed by atoms with Crippen LogP contribution in [0.15, 0.2) is 17.1 Å². The van der Waals surface area contributed by atoms with Crippen LogP contribution in [0.3, 0.4) is 0 Å². The number of hydrogen-bond acceptors (Lipinski definition) is 4. The molecular formula is C6H7N5O. The van der Waals surface area contributed by atoms with Gasteiger partial charge in [-0.1, -0.05) is 0 Å². The first-order valence-corrected chi connectivity index (χ1v) is 3.43. The van der Waals surface area contributed by atoms with Crippen molar-refractivity contribution in [2.24, 2.45) is 0 Å². The number of aromatic amines is 1. The molecule has 0 unspecified atom stereocenters. The molecule has 0 amide bonds. The van der Waals surface area contributed by atoms with Crippen molar-refractivity contribution < 1.29 is 0 Å². The molecule has 12 heavy (non-hydrogen) atoms. The maximum absolute atomic E-state index is 11.1. The number of fused-ring (bicyclic) bond motifs is 1. The van der Waals surface area contributed by atoms with Crippen LogP contribution in [0.1, 0.15) is 0 Å². The molecule has 6 heteroatoms. The van der Waals surface area contributed by atoms with Crippen molar-refractivity contribution in [1.82, 2.24) is 19.8 Å². The second-order valence-corrected chi connectivity index (χ2v) is 2.25. The maximum atomic E-state index is 11.1. The van der Waals surface area contributed by atoms with E-state index >= 15 is 0 Å². The van der Waals surface area contributed by atoms with E-state index < -0.39 is 0 Å². The van der Waals surface area contributed by atoms with Crippen molar-refractivity contribution in [2.75, 3.05) is 12.4 Å². The Kier molecular flexibility index (Phi) is 1.33. The average Bonchev–Trinajstić information content (AvgIpc) is 2.54. The molecule has 0 spiro atoms. The van der Waals surface area contributed by atoms with Gasteiger partial charge in [-0.2, -0.15) is 9.61 Å². The van der Waals surface area contributed by atoms with Gasteiger partial charge < -0.3 is 5.32 Å². The Morgan fingerprint density at radius 1 is 1.67 bits per heavy atom. The number of H-pyrrole nitrogens is 1. The molecule has 0 aliphatic rings. The summed E-state index contributed by atoms with van der Waals surface area (Å²) in [5.74, 6) is 0.509. The molecule has 0 aliphatic heterocycles. The van der Waals surface area contributed by atoms with Crippen LogP contribution in [0.25, 0.3) is 5.52 Å². The van der Waals surface area contributed by atoms with Gasteiger partial charge in [0, 0.05) is 7.05 Å². The first kappa shape index (κ1) is 6.84. The summed E-state index contributed by atoms with van der Waals surface area (Å²) in [6, 6.07) is 1.63. The van der Waals surface area contributed by atoms with Crippen LogP contribution < -0.4 is 10.9 Å². The van der Waals surface area contributed by atoms with E-state index in [4.69, 9.17) is 0 Å². The predicted octanol–water partition coefficient (Wildman–Crippen LogP) is -0.541. The minimum absolute atomic E-state index is 0.244. The zero-order valence-electron chi connectivity index (χ0n) is 6.40. The summed E-state index contributed by atoms with van der Waals surface area (Å²) >= 11 is 0. The van der Waals surface area contributed by atoms with Crippen LogP contribution in [0.5, 0.6) is 0 Å². The molecule has 62 valence electrons. The van der Waals surface area contributed by atoms with Gasteiger partial charge in [0.25, 0.3) is 5.56 Å². The Hall–Kier alpha value is -1.85. The van der Waals surface area contributed by atoms with Crippen LogP contribution in [-0.4, -0.2) is 26.9 Å².